The topological polar surface area (TPSA) is 338 Å². The van der Waals surface area contributed by atoms with Crippen molar-refractivity contribution >= 4 is 68.5 Å². The molecule has 6 rings (SSSR count). The summed E-state index contributed by atoms with van der Waals surface area (Å²) in [4.78, 5) is 95.6. The lowest BCUT2D eigenvalue weighted by molar-refractivity contribution is -0.164. The van der Waals surface area contributed by atoms with Crippen LogP contribution in [0.3, 0.4) is 0 Å². The highest BCUT2D eigenvalue weighted by Gasteiger charge is 2.57. The summed E-state index contributed by atoms with van der Waals surface area (Å²) in [5.41, 5.74) is 4.57. The fraction of sp³-hybridized carbons (Fsp3) is 0.467. The summed E-state index contributed by atoms with van der Waals surface area (Å²) in [7, 11) is -5.32. The predicted octanol–water partition coefficient (Wildman–Crippen LogP) is 6.35. The number of carbonyl (C=O) groups excluding carboxylic acids is 6. The van der Waals surface area contributed by atoms with Crippen LogP contribution in [0, 0.1) is 0 Å². The Labute approximate surface area is 422 Å². The lowest BCUT2D eigenvalue weighted by atomic mass is 9.98. The van der Waals surface area contributed by atoms with Crippen LogP contribution in [-0.2, 0) is 68.1 Å². The number of nitrogens with zero attached hydrogens (tertiary/aromatic N) is 10. The van der Waals surface area contributed by atoms with E-state index in [0.717, 1.165) is 16.1 Å². The van der Waals surface area contributed by atoms with Crippen LogP contribution >= 0.6 is 11.3 Å². The molecule has 26 nitrogen and oxygen atoms in total. The van der Waals surface area contributed by atoms with E-state index in [9.17, 15) is 41.7 Å². The Bertz CT molecular complexity index is 2850. The van der Waals surface area contributed by atoms with Crippen LogP contribution in [-0.4, -0.2) is 118 Å². The summed E-state index contributed by atoms with van der Waals surface area (Å²) in [6.45, 7) is 12.4. The van der Waals surface area contributed by atoms with Gasteiger partial charge in [-0.1, -0.05) is 70.9 Å². The smallest absolute Gasteiger partial charge is 0.420 e. The van der Waals surface area contributed by atoms with Crippen LogP contribution in [0.4, 0.5) is 19.5 Å². The molecule has 0 spiro atoms. The molecule has 2 aromatic heterocycles. The van der Waals surface area contributed by atoms with Gasteiger partial charge in [0.05, 0.1) is 25.3 Å². The van der Waals surface area contributed by atoms with Gasteiger partial charge >= 0.3 is 34.6 Å². The number of imide groups is 1. The molecular weight excluding hydrogens is 997 g/mol. The summed E-state index contributed by atoms with van der Waals surface area (Å²) in [5, 5.41) is 22.2. The van der Waals surface area contributed by atoms with Gasteiger partial charge < -0.3 is 29.1 Å². The van der Waals surface area contributed by atoms with Crippen LogP contribution in [0.2, 0.25) is 0 Å². The lowest BCUT2D eigenvalue weighted by Crippen LogP contribution is -2.73. The van der Waals surface area contributed by atoms with Crippen molar-refractivity contribution in [1.82, 2.24) is 34.5 Å². The molecule has 28 heteroatoms. The van der Waals surface area contributed by atoms with E-state index in [1.165, 1.54) is 5.38 Å². The van der Waals surface area contributed by atoms with Gasteiger partial charge in [0.2, 0.25) is 5.60 Å². The van der Waals surface area contributed by atoms with Crippen molar-refractivity contribution in [1.29, 1.82) is 0 Å². The van der Waals surface area contributed by atoms with Gasteiger partial charge in [-0.05, 0) is 79.0 Å². The highest BCUT2D eigenvalue weighted by molar-refractivity contribution is 7.84. The number of hydrogen-bond donors (Lipinski definition) is 3. The Balaban J connectivity index is 1.31. The molecule has 73 heavy (non-hydrogen) atoms. The first-order valence-electron chi connectivity index (χ1n) is 22.4. The first kappa shape index (κ1) is 54.6. The summed E-state index contributed by atoms with van der Waals surface area (Å²) in [5.74, 6) is -3.33. The Morgan fingerprint density at radius 2 is 1.44 bits per heavy atom. The van der Waals surface area contributed by atoms with E-state index in [4.69, 9.17) is 29.3 Å². The maximum Gasteiger partial charge on any atom is 0.420 e. The van der Waals surface area contributed by atoms with Gasteiger partial charge in [-0.3, -0.25) is 19.5 Å². The number of amides is 5. The molecule has 0 radical (unpaired) electrons. The third-order valence-electron chi connectivity index (χ3n) is 10.1. The van der Waals surface area contributed by atoms with Crippen molar-refractivity contribution in [2.45, 2.75) is 135 Å². The normalized spacial score (nSPS) is 16.6. The van der Waals surface area contributed by atoms with E-state index in [1.54, 1.807) is 123 Å². The quantitative estimate of drug-likeness (QED) is 0.0119. The number of hydrogen-bond acceptors (Lipinski definition) is 19. The largest absolute Gasteiger partial charge is 0.450 e. The van der Waals surface area contributed by atoms with E-state index >= 15 is 0 Å². The number of esters is 1. The molecule has 390 valence electrons. The third kappa shape index (κ3) is 14.5. The molecule has 3 heterocycles. The van der Waals surface area contributed by atoms with E-state index in [1.807, 2.05) is 0 Å². The number of anilines is 1. The molecule has 3 N–H and O–H groups in total. The Kier molecular flexibility index (Phi) is 16.2. The number of oxime groups is 1. The number of aromatic nitrogens is 4. The number of thiazole rings is 1. The van der Waals surface area contributed by atoms with E-state index in [2.05, 4.69) is 41.0 Å². The average molecular weight is 1050 g/mol. The SMILES string of the molecule is CC(C)(C)OC(=O)Nc1nc(C(=NOC2(C(=O)OC(c3ccccc3)c3ccccc3)CC2)C(=O)N[C@@H]2C(=O)N(S(=O)(=O)O)[C@@H]2Cn2nc(CN=[N+]=[N-])c(CN(C(=O)OC(C)(C)C)C(=O)OC(C)(C)C)n2)cs1. The Morgan fingerprint density at radius 1 is 0.890 bits per heavy atom. The maximum absolute atomic E-state index is 14.4. The molecule has 1 aliphatic carbocycles. The van der Waals surface area contributed by atoms with Crippen molar-refractivity contribution in [3.8, 4) is 0 Å². The molecule has 4 aromatic rings. The highest BCUT2D eigenvalue weighted by atomic mass is 32.2. The van der Waals surface area contributed by atoms with Crippen LogP contribution in [0.1, 0.15) is 109 Å². The first-order chi connectivity index (χ1) is 34.1. The van der Waals surface area contributed by atoms with Crippen LogP contribution in [0.5, 0.6) is 0 Å². The van der Waals surface area contributed by atoms with E-state index in [-0.39, 0.29) is 39.4 Å². The molecule has 2 aliphatic rings. The summed E-state index contributed by atoms with van der Waals surface area (Å²) < 4.78 is 57.8. The fourth-order valence-corrected chi connectivity index (χ4v) is 8.31. The summed E-state index contributed by atoms with van der Waals surface area (Å²) >= 11 is 0.846. The molecule has 2 atom stereocenters. The summed E-state index contributed by atoms with van der Waals surface area (Å²) in [6.07, 6.45) is -3.80. The van der Waals surface area contributed by atoms with Gasteiger partial charge in [-0.15, -0.1) is 11.3 Å². The first-order valence-corrected chi connectivity index (χ1v) is 24.7. The van der Waals surface area contributed by atoms with Crippen molar-refractivity contribution in [3.63, 3.8) is 0 Å². The molecule has 1 saturated carbocycles. The lowest BCUT2D eigenvalue weighted by Gasteiger charge is -2.43. The average Bonchev–Trinajstić information content (AvgIpc) is 3.78. The second-order valence-electron chi connectivity index (χ2n) is 19.5. The van der Waals surface area contributed by atoms with Gasteiger partial charge in [0.15, 0.2) is 16.9 Å². The third-order valence-corrected chi connectivity index (χ3v) is 11.8. The van der Waals surface area contributed by atoms with Gasteiger partial charge in [0.1, 0.15) is 40.3 Å². The number of β-lactam (4-membered cyclic amide) rings is 1. The molecule has 0 bridgehead atoms. The van der Waals surface area contributed by atoms with E-state index < -0.39 is 112 Å². The van der Waals surface area contributed by atoms with Gasteiger partial charge in [0.25, 0.3) is 11.8 Å². The number of carbonyl (C=O) groups is 6. The number of rotatable bonds is 17. The van der Waals surface area contributed by atoms with Crippen molar-refractivity contribution < 1.29 is 65.5 Å². The molecule has 5 amide bonds. The highest BCUT2D eigenvalue weighted by Crippen LogP contribution is 2.43. The standard InChI is InChI=1S/C45H54N12O14S2/c1-42(2,3)68-39(61)50-38-48-30(25-72-38)32(53-71-45(20-21-45)37(60)67-34(26-16-12-10-13-17-26)27-18-14-11-15-19-27)35(58)49-33-31(57(36(33)59)73(64,65)66)24-56-51-28(22-47-54-46)29(52-56)23-55(40(62)69-43(4,5)6)41(63)70-44(7,8)9/h10-19,25,31,33-34H,20-24H2,1-9H3,(H,49,58)(H,48,50,61)(H,64,65,66)/t31-,33+/m1/s1. The van der Waals surface area contributed by atoms with Gasteiger partial charge in [-0.2, -0.15) is 23.4 Å². The number of benzene rings is 2. The van der Waals surface area contributed by atoms with Gasteiger partial charge in [-0.25, -0.2) is 33.4 Å². The molecule has 1 saturated heterocycles. The molecular formula is C45H54N12O14S2. The number of azide groups is 1. The number of ether oxygens (including phenoxy) is 4. The summed E-state index contributed by atoms with van der Waals surface area (Å²) in [6, 6.07) is 14.4. The molecule has 2 fully saturated rings. The zero-order chi connectivity index (χ0) is 53.7. The monoisotopic (exact) mass is 1050 g/mol. The van der Waals surface area contributed by atoms with Crippen LogP contribution in [0.25, 0.3) is 10.4 Å². The Morgan fingerprint density at radius 3 is 1.95 bits per heavy atom. The number of nitrogens with one attached hydrogen (secondary N) is 2. The zero-order valence-electron chi connectivity index (χ0n) is 41.2. The minimum Gasteiger partial charge on any atom is -0.450 e. The van der Waals surface area contributed by atoms with Crippen molar-refractivity contribution in [2.24, 2.45) is 10.3 Å². The maximum atomic E-state index is 14.4. The molecule has 2 aromatic carbocycles. The van der Waals surface area contributed by atoms with Gasteiger partial charge in [0, 0.05) is 23.1 Å². The second kappa shape index (κ2) is 21.6. The fourth-order valence-electron chi connectivity index (χ4n) is 6.76. The minimum atomic E-state index is -5.32. The van der Waals surface area contributed by atoms with Crippen LogP contribution in [0.15, 0.2) is 76.3 Å². The van der Waals surface area contributed by atoms with E-state index in [0.29, 0.717) is 16.0 Å². The molecule has 0 unspecified atom stereocenters. The zero-order valence-corrected chi connectivity index (χ0v) is 42.8. The van der Waals surface area contributed by atoms with Crippen molar-refractivity contribution in [2.75, 3.05) is 5.32 Å². The van der Waals surface area contributed by atoms with Crippen LogP contribution < -0.4 is 10.6 Å². The predicted molar refractivity (Wildman–Crippen MR) is 257 cm³/mol. The second-order valence-corrected chi connectivity index (χ2v) is 21.7. The molecule has 1 aliphatic heterocycles. The Hall–Kier alpha value is -7.68. The minimum absolute atomic E-state index is 0.0614. The van der Waals surface area contributed by atoms with Crippen molar-refractivity contribution in [3.05, 3.63) is 105 Å².